The second kappa shape index (κ2) is 4.73. The molecule has 1 aliphatic heterocycles. The van der Waals surface area contributed by atoms with Crippen molar-refractivity contribution in [3.05, 3.63) is 35.6 Å². The number of nitrogens with one attached hydrogen (secondary N) is 1. The number of benzene rings is 1. The van der Waals surface area contributed by atoms with Crippen LogP contribution in [0.2, 0.25) is 0 Å². The summed E-state index contributed by atoms with van der Waals surface area (Å²) in [6, 6.07) is 2.50. The fourth-order valence-corrected chi connectivity index (χ4v) is 2.19. The van der Waals surface area contributed by atoms with E-state index in [9.17, 15) is 22.4 Å². The van der Waals surface area contributed by atoms with E-state index in [1.54, 1.807) is 0 Å². The Balaban J connectivity index is 2.41. The molecule has 0 aromatic heterocycles. The Bertz CT molecular complexity index is 527. The van der Waals surface area contributed by atoms with Gasteiger partial charge < -0.3 is 0 Å². The molecule has 1 aliphatic rings. The second-order valence-corrected chi connectivity index (χ2v) is 5.42. The molecule has 2 rings (SSSR count). The lowest BCUT2D eigenvalue weighted by Gasteiger charge is -2.30. The summed E-state index contributed by atoms with van der Waals surface area (Å²) in [7, 11) is 0. The van der Waals surface area contributed by atoms with Gasteiger partial charge in [0, 0.05) is 12.1 Å². The van der Waals surface area contributed by atoms with Crippen LogP contribution in [0.1, 0.15) is 25.5 Å². The largest absolute Gasteiger partial charge is 0.409 e. The van der Waals surface area contributed by atoms with Crippen molar-refractivity contribution >= 4 is 5.91 Å². The summed E-state index contributed by atoms with van der Waals surface area (Å²) >= 11 is 0. The standard InChI is InChI=1S/C13H14F4N2O/c1-12(2)7-19(18-11(12)20)10(13(15,16)17)8-5-3-4-6-9(8)14/h3-6,10H,7H2,1-2H3,(H,18,20)/t10-/m0/s1. The molecular formula is C13H14F4N2O. The van der Waals surface area contributed by atoms with Crippen molar-refractivity contribution in [1.29, 1.82) is 0 Å². The average Bonchev–Trinajstić information content (AvgIpc) is 2.54. The number of amides is 1. The van der Waals surface area contributed by atoms with Crippen molar-refractivity contribution in [2.75, 3.05) is 6.54 Å². The Kier molecular flexibility index (Phi) is 3.49. The van der Waals surface area contributed by atoms with Crippen molar-refractivity contribution in [3.8, 4) is 0 Å². The Morgan fingerprint density at radius 3 is 2.35 bits per heavy atom. The molecule has 7 heteroatoms. The highest BCUT2D eigenvalue weighted by molar-refractivity contribution is 5.83. The number of hydrazine groups is 1. The molecular weight excluding hydrogens is 276 g/mol. The van der Waals surface area contributed by atoms with E-state index in [0.717, 1.165) is 17.1 Å². The second-order valence-electron chi connectivity index (χ2n) is 5.42. The first-order valence-electron chi connectivity index (χ1n) is 6.02. The van der Waals surface area contributed by atoms with E-state index < -0.39 is 34.9 Å². The number of hydrogen-bond acceptors (Lipinski definition) is 2. The smallest absolute Gasteiger partial charge is 0.287 e. The Morgan fingerprint density at radius 1 is 1.30 bits per heavy atom. The zero-order chi connectivity index (χ0) is 15.1. The average molecular weight is 290 g/mol. The molecule has 1 atom stereocenters. The third-order valence-electron chi connectivity index (χ3n) is 3.25. The maximum Gasteiger partial charge on any atom is 0.409 e. The van der Waals surface area contributed by atoms with Crippen molar-refractivity contribution in [1.82, 2.24) is 10.4 Å². The van der Waals surface area contributed by atoms with Crippen LogP contribution in [0.5, 0.6) is 0 Å². The van der Waals surface area contributed by atoms with E-state index in [2.05, 4.69) is 5.43 Å². The van der Waals surface area contributed by atoms with Gasteiger partial charge in [-0.25, -0.2) is 9.40 Å². The third-order valence-corrected chi connectivity index (χ3v) is 3.25. The number of halogens is 4. The molecule has 110 valence electrons. The van der Waals surface area contributed by atoms with E-state index in [0.29, 0.717) is 0 Å². The van der Waals surface area contributed by atoms with E-state index in [-0.39, 0.29) is 6.54 Å². The molecule has 0 spiro atoms. The normalized spacial score (nSPS) is 20.8. The number of rotatable bonds is 2. The third kappa shape index (κ3) is 2.63. The van der Waals surface area contributed by atoms with E-state index in [1.165, 1.54) is 26.0 Å². The molecule has 0 aliphatic carbocycles. The Labute approximate surface area is 113 Å². The number of nitrogens with zero attached hydrogens (tertiary/aromatic N) is 1. The molecule has 1 aromatic carbocycles. The van der Waals surface area contributed by atoms with E-state index >= 15 is 0 Å². The molecule has 0 saturated carbocycles. The topological polar surface area (TPSA) is 32.3 Å². The quantitative estimate of drug-likeness (QED) is 0.849. The van der Waals surface area contributed by atoms with Crippen LogP contribution in [0.3, 0.4) is 0 Å². The molecule has 1 aromatic rings. The van der Waals surface area contributed by atoms with Crippen molar-refractivity contribution in [2.45, 2.75) is 26.1 Å². The van der Waals surface area contributed by atoms with Gasteiger partial charge in [0.25, 0.3) is 0 Å². The van der Waals surface area contributed by atoms with Crippen LogP contribution in [0.15, 0.2) is 24.3 Å². The zero-order valence-electron chi connectivity index (χ0n) is 11.0. The number of alkyl halides is 3. The lowest BCUT2D eigenvalue weighted by molar-refractivity contribution is -0.192. The first kappa shape index (κ1) is 14.8. The molecule has 1 saturated heterocycles. The minimum absolute atomic E-state index is 0.148. The van der Waals surface area contributed by atoms with Crippen molar-refractivity contribution in [3.63, 3.8) is 0 Å². The van der Waals surface area contributed by atoms with Gasteiger partial charge in [-0.05, 0) is 19.9 Å². The summed E-state index contributed by atoms with van der Waals surface area (Å²) in [5.41, 5.74) is 0.733. The van der Waals surface area contributed by atoms with Gasteiger partial charge in [0.05, 0.1) is 5.41 Å². The van der Waals surface area contributed by atoms with E-state index in [1.807, 2.05) is 0 Å². The highest BCUT2D eigenvalue weighted by Crippen LogP contribution is 2.41. The molecule has 1 amide bonds. The SMILES string of the molecule is CC1(C)CN([C@@H](c2ccccc2F)C(F)(F)F)NC1=O. The van der Waals surface area contributed by atoms with Crippen LogP contribution in [0.25, 0.3) is 0 Å². The lowest BCUT2D eigenvalue weighted by atomic mass is 9.93. The van der Waals surface area contributed by atoms with E-state index in [4.69, 9.17) is 0 Å². The highest BCUT2D eigenvalue weighted by Gasteiger charge is 2.51. The molecule has 3 nitrogen and oxygen atoms in total. The monoisotopic (exact) mass is 290 g/mol. The summed E-state index contributed by atoms with van der Waals surface area (Å²) in [5, 5.41) is 0.751. The zero-order valence-corrected chi connectivity index (χ0v) is 11.0. The predicted octanol–water partition coefficient (Wildman–Crippen LogP) is 2.80. The maximum absolute atomic E-state index is 13.7. The van der Waals surface area contributed by atoms with Crippen molar-refractivity contribution < 1.29 is 22.4 Å². The fourth-order valence-electron chi connectivity index (χ4n) is 2.19. The van der Waals surface area contributed by atoms with Crippen LogP contribution in [0.4, 0.5) is 17.6 Å². The number of carbonyl (C=O) groups excluding carboxylic acids is 1. The van der Waals surface area contributed by atoms with Gasteiger partial charge in [-0.1, -0.05) is 18.2 Å². The number of carbonyl (C=O) groups is 1. The van der Waals surface area contributed by atoms with Gasteiger partial charge in [0.1, 0.15) is 5.82 Å². The van der Waals surface area contributed by atoms with Gasteiger partial charge in [0.2, 0.25) is 5.91 Å². The minimum Gasteiger partial charge on any atom is -0.287 e. The number of hydrogen-bond donors (Lipinski definition) is 1. The first-order valence-corrected chi connectivity index (χ1v) is 6.02. The van der Waals surface area contributed by atoms with Gasteiger partial charge in [-0.3, -0.25) is 10.2 Å². The molecule has 1 N–H and O–H groups in total. The van der Waals surface area contributed by atoms with Gasteiger partial charge in [-0.15, -0.1) is 0 Å². The van der Waals surface area contributed by atoms with Crippen LogP contribution in [-0.4, -0.2) is 23.6 Å². The Hall–Kier alpha value is -1.63. The minimum atomic E-state index is -4.70. The van der Waals surface area contributed by atoms with Gasteiger partial charge in [0.15, 0.2) is 6.04 Å². The molecule has 0 unspecified atom stereocenters. The highest BCUT2D eigenvalue weighted by atomic mass is 19.4. The van der Waals surface area contributed by atoms with Crippen LogP contribution < -0.4 is 5.43 Å². The molecule has 20 heavy (non-hydrogen) atoms. The van der Waals surface area contributed by atoms with Gasteiger partial charge >= 0.3 is 6.18 Å². The first-order chi connectivity index (χ1) is 9.13. The molecule has 1 fully saturated rings. The Morgan fingerprint density at radius 2 is 1.90 bits per heavy atom. The van der Waals surface area contributed by atoms with Gasteiger partial charge in [-0.2, -0.15) is 13.2 Å². The molecule has 1 heterocycles. The summed E-state index contributed by atoms with van der Waals surface area (Å²) in [5.74, 6) is -1.46. The van der Waals surface area contributed by atoms with Crippen LogP contribution in [0, 0.1) is 11.2 Å². The lowest BCUT2D eigenvalue weighted by Crippen LogP contribution is -2.44. The molecule has 0 radical (unpaired) electrons. The summed E-state index contributed by atoms with van der Waals surface area (Å²) in [6.07, 6.45) is -4.70. The maximum atomic E-state index is 13.7. The summed E-state index contributed by atoms with van der Waals surface area (Å²) in [6.45, 7) is 2.93. The van der Waals surface area contributed by atoms with Crippen LogP contribution in [-0.2, 0) is 4.79 Å². The fraction of sp³-hybridized carbons (Fsp3) is 0.462. The predicted molar refractivity (Wildman–Crippen MR) is 63.8 cm³/mol. The van der Waals surface area contributed by atoms with Crippen LogP contribution >= 0.6 is 0 Å². The van der Waals surface area contributed by atoms with Crippen molar-refractivity contribution in [2.24, 2.45) is 5.41 Å². The summed E-state index contributed by atoms with van der Waals surface area (Å²) < 4.78 is 53.4. The molecule has 0 bridgehead atoms. The summed E-state index contributed by atoms with van der Waals surface area (Å²) in [4.78, 5) is 11.6.